The van der Waals surface area contributed by atoms with Gasteiger partial charge in [0.1, 0.15) is 5.75 Å². The van der Waals surface area contributed by atoms with Crippen molar-refractivity contribution in [2.75, 3.05) is 7.11 Å². The van der Waals surface area contributed by atoms with Crippen molar-refractivity contribution in [1.29, 1.82) is 0 Å². The van der Waals surface area contributed by atoms with Gasteiger partial charge in [-0.25, -0.2) is 0 Å². The topological polar surface area (TPSA) is 62.4 Å². The van der Waals surface area contributed by atoms with E-state index in [2.05, 4.69) is 16.2 Å². The van der Waals surface area contributed by atoms with E-state index in [1.54, 1.807) is 7.11 Å². The number of amides is 1. The van der Waals surface area contributed by atoms with Crippen molar-refractivity contribution in [2.24, 2.45) is 0 Å². The Morgan fingerprint density at radius 3 is 2.52 bits per heavy atom. The largest absolute Gasteiger partial charge is 0.497 e. The average Bonchev–Trinajstić information content (AvgIpc) is 2.99. The van der Waals surface area contributed by atoms with Gasteiger partial charge in [-0.05, 0) is 42.8 Å². The van der Waals surface area contributed by atoms with E-state index in [1.165, 1.54) is 12.8 Å². The molecule has 0 atom stereocenters. The molecule has 0 unspecified atom stereocenters. The Kier molecular flexibility index (Phi) is 5.80. The molecule has 114 valence electrons. The minimum absolute atomic E-state index is 0.129. The van der Waals surface area contributed by atoms with E-state index in [9.17, 15) is 4.79 Å². The van der Waals surface area contributed by atoms with E-state index in [0.29, 0.717) is 17.6 Å². The normalized spacial score (nSPS) is 14.5. The first kappa shape index (κ1) is 15.6. The fourth-order valence-corrected chi connectivity index (χ4v) is 2.61. The molecule has 21 heavy (non-hydrogen) atoms. The van der Waals surface area contributed by atoms with Crippen LogP contribution in [-0.2, 0) is 11.2 Å². The molecule has 1 aromatic carbocycles. The molecule has 2 rings (SSSR count). The maximum atomic E-state index is 11.8. The number of rotatable bonds is 4. The van der Waals surface area contributed by atoms with Crippen molar-refractivity contribution < 1.29 is 9.53 Å². The number of carbonyl (C=O) groups is 1. The maximum Gasteiger partial charge on any atom is 0.242 e. The summed E-state index contributed by atoms with van der Waals surface area (Å²) in [6.07, 6.45) is 5.06. The summed E-state index contributed by atoms with van der Waals surface area (Å²) < 4.78 is 5.08. The third-order valence-electron chi connectivity index (χ3n) is 3.53. The van der Waals surface area contributed by atoms with E-state index in [-0.39, 0.29) is 5.91 Å². The van der Waals surface area contributed by atoms with E-state index >= 15 is 0 Å². The van der Waals surface area contributed by atoms with Crippen LogP contribution in [0.5, 0.6) is 5.75 Å². The zero-order valence-corrected chi connectivity index (χ0v) is 13.0. The van der Waals surface area contributed by atoms with Crippen LogP contribution in [0.25, 0.3) is 0 Å². The first-order valence-electron chi connectivity index (χ1n) is 7.15. The molecule has 0 heterocycles. The van der Waals surface area contributed by atoms with E-state index in [4.69, 9.17) is 17.0 Å². The summed E-state index contributed by atoms with van der Waals surface area (Å²) in [5.74, 6) is 0.648. The fraction of sp³-hybridized carbons (Fsp3) is 0.467. The first-order valence-corrected chi connectivity index (χ1v) is 7.56. The van der Waals surface area contributed by atoms with Crippen LogP contribution in [0, 0.1) is 0 Å². The second kappa shape index (κ2) is 7.83. The smallest absolute Gasteiger partial charge is 0.242 e. The highest BCUT2D eigenvalue weighted by atomic mass is 32.1. The van der Waals surface area contributed by atoms with Gasteiger partial charge in [0.15, 0.2) is 5.11 Å². The van der Waals surface area contributed by atoms with E-state index < -0.39 is 0 Å². The predicted molar refractivity (Wildman–Crippen MR) is 86.0 cm³/mol. The zero-order valence-electron chi connectivity index (χ0n) is 12.1. The molecule has 1 saturated carbocycles. The second-order valence-corrected chi connectivity index (χ2v) is 5.56. The second-order valence-electron chi connectivity index (χ2n) is 5.15. The Balaban J connectivity index is 1.69. The molecule has 0 bridgehead atoms. The van der Waals surface area contributed by atoms with Gasteiger partial charge in [0.2, 0.25) is 5.91 Å². The predicted octanol–water partition coefficient (Wildman–Crippen LogP) is 1.68. The molecule has 1 fully saturated rings. The molecule has 1 amide bonds. The van der Waals surface area contributed by atoms with Crippen molar-refractivity contribution in [3.63, 3.8) is 0 Å². The molecule has 0 spiro atoms. The number of thiocarbonyl (C=S) groups is 1. The lowest BCUT2D eigenvalue weighted by Crippen LogP contribution is -2.49. The highest BCUT2D eigenvalue weighted by Gasteiger charge is 2.15. The van der Waals surface area contributed by atoms with Gasteiger partial charge in [0.05, 0.1) is 13.5 Å². The Bertz CT molecular complexity index is 484. The van der Waals surface area contributed by atoms with Crippen LogP contribution in [0.4, 0.5) is 0 Å². The monoisotopic (exact) mass is 307 g/mol. The average molecular weight is 307 g/mol. The summed E-state index contributed by atoms with van der Waals surface area (Å²) in [5.41, 5.74) is 6.28. The zero-order chi connectivity index (χ0) is 15.1. The molecule has 1 aliphatic carbocycles. The van der Waals surface area contributed by atoms with Crippen LogP contribution < -0.4 is 20.9 Å². The molecule has 0 aliphatic heterocycles. The van der Waals surface area contributed by atoms with Crippen molar-refractivity contribution >= 4 is 23.2 Å². The number of hydrazine groups is 1. The van der Waals surface area contributed by atoms with Crippen LogP contribution in [0.1, 0.15) is 31.2 Å². The lowest BCUT2D eigenvalue weighted by Gasteiger charge is -2.16. The summed E-state index contributed by atoms with van der Waals surface area (Å²) in [6, 6.07) is 7.84. The minimum Gasteiger partial charge on any atom is -0.497 e. The van der Waals surface area contributed by atoms with Crippen molar-refractivity contribution in [3.05, 3.63) is 29.8 Å². The third-order valence-corrected chi connectivity index (χ3v) is 3.75. The van der Waals surface area contributed by atoms with Crippen LogP contribution in [0.2, 0.25) is 0 Å². The number of ether oxygens (including phenoxy) is 1. The maximum absolute atomic E-state index is 11.8. The molecule has 5 nitrogen and oxygen atoms in total. The van der Waals surface area contributed by atoms with Crippen molar-refractivity contribution in [1.82, 2.24) is 16.2 Å². The summed E-state index contributed by atoms with van der Waals surface area (Å²) in [4.78, 5) is 11.8. The van der Waals surface area contributed by atoms with Crippen LogP contribution >= 0.6 is 12.2 Å². The summed E-state index contributed by atoms with van der Waals surface area (Å²) in [5, 5.41) is 3.68. The standard InChI is InChI=1S/C15H21N3O2S/c1-20-13-8-6-11(7-9-13)10-14(19)17-18-15(21)16-12-4-2-3-5-12/h6-9,12H,2-5,10H2,1H3,(H,17,19)(H2,16,18,21). The highest BCUT2D eigenvalue weighted by Crippen LogP contribution is 2.17. The first-order chi connectivity index (χ1) is 10.2. The van der Waals surface area contributed by atoms with Crippen molar-refractivity contribution in [2.45, 2.75) is 38.1 Å². The molecule has 0 saturated heterocycles. The van der Waals surface area contributed by atoms with Crippen LogP contribution in [0.3, 0.4) is 0 Å². The van der Waals surface area contributed by atoms with Gasteiger partial charge < -0.3 is 10.1 Å². The minimum atomic E-state index is -0.129. The number of benzene rings is 1. The van der Waals surface area contributed by atoms with Gasteiger partial charge >= 0.3 is 0 Å². The Morgan fingerprint density at radius 1 is 1.24 bits per heavy atom. The van der Waals surface area contributed by atoms with Gasteiger partial charge in [-0.2, -0.15) is 0 Å². The van der Waals surface area contributed by atoms with E-state index in [0.717, 1.165) is 24.2 Å². The highest BCUT2D eigenvalue weighted by molar-refractivity contribution is 7.80. The Morgan fingerprint density at radius 2 is 1.90 bits per heavy atom. The van der Waals surface area contributed by atoms with Gasteiger partial charge in [0, 0.05) is 6.04 Å². The number of hydrogen-bond acceptors (Lipinski definition) is 3. The lowest BCUT2D eigenvalue weighted by molar-refractivity contribution is -0.121. The molecular weight excluding hydrogens is 286 g/mol. The van der Waals surface area contributed by atoms with Gasteiger partial charge in [-0.15, -0.1) is 0 Å². The Hall–Kier alpha value is -1.82. The van der Waals surface area contributed by atoms with E-state index in [1.807, 2.05) is 24.3 Å². The molecule has 1 aliphatic rings. The summed E-state index contributed by atoms with van der Waals surface area (Å²) in [7, 11) is 1.62. The number of carbonyl (C=O) groups excluding carboxylic acids is 1. The molecule has 6 heteroatoms. The molecule has 0 aromatic heterocycles. The summed E-state index contributed by atoms with van der Waals surface area (Å²) >= 11 is 5.15. The number of nitrogens with one attached hydrogen (secondary N) is 3. The Labute approximate surface area is 130 Å². The number of hydrogen-bond donors (Lipinski definition) is 3. The molecular formula is C15H21N3O2S. The lowest BCUT2D eigenvalue weighted by atomic mass is 10.1. The SMILES string of the molecule is COc1ccc(CC(=O)NNC(=S)NC2CCCC2)cc1. The number of methoxy groups -OCH3 is 1. The van der Waals surface area contributed by atoms with Crippen LogP contribution in [-0.4, -0.2) is 24.2 Å². The molecule has 3 N–H and O–H groups in total. The molecule has 0 radical (unpaired) electrons. The quantitative estimate of drug-likeness (QED) is 0.583. The van der Waals surface area contributed by atoms with Gasteiger partial charge in [-0.3, -0.25) is 15.6 Å². The fourth-order valence-electron chi connectivity index (χ4n) is 2.39. The van der Waals surface area contributed by atoms with Gasteiger partial charge in [-0.1, -0.05) is 25.0 Å². The van der Waals surface area contributed by atoms with Crippen molar-refractivity contribution in [3.8, 4) is 5.75 Å². The van der Waals surface area contributed by atoms with Crippen LogP contribution in [0.15, 0.2) is 24.3 Å². The van der Waals surface area contributed by atoms with Gasteiger partial charge in [0.25, 0.3) is 0 Å². The third kappa shape index (κ3) is 5.23. The molecule has 1 aromatic rings. The summed E-state index contributed by atoms with van der Waals surface area (Å²) in [6.45, 7) is 0.